The van der Waals surface area contributed by atoms with Crippen LogP contribution in [0.3, 0.4) is 0 Å². The van der Waals surface area contributed by atoms with Crippen molar-refractivity contribution in [2.24, 2.45) is 11.8 Å². The summed E-state index contributed by atoms with van der Waals surface area (Å²) in [5.41, 5.74) is 0. The number of hydrogen-bond donors (Lipinski definition) is 0. The summed E-state index contributed by atoms with van der Waals surface area (Å²) in [6.07, 6.45) is -2.03. The Morgan fingerprint density at radius 1 is 1.00 bits per heavy atom. The van der Waals surface area contributed by atoms with Crippen LogP contribution in [0.15, 0.2) is 12.1 Å². The van der Waals surface area contributed by atoms with E-state index in [0.717, 1.165) is 10.7 Å². The zero-order valence-corrected chi connectivity index (χ0v) is 25.2. The normalized spacial score (nSPS) is 20.5. The largest absolute Gasteiger partial charge is 0.480 e. The molecule has 0 amide bonds. The van der Waals surface area contributed by atoms with E-state index in [2.05, 4.69) is 67.8 Å². The van der Waals surface area contributed by atoms with Gasteiger partial charge in [0.15, 0.2) is 12.7 Å². The number of esters is 3. The minimum Gasteiger partial charge on any atom is -0.480 e. The first-order valence-electron chi connectivity index (χ1n) is 10.4. The van der Waals surface area contributed by atoms with Crippen molar-refractivity contribution in [2.45, 2.75) is 52.4 Å². The second-order valence-corrected chi connectivity index (χ2v) is 11.6. The number of halogens is 3. The van der Waals surface area contributed by atoms with E-state index in [1.54, 1.807) is 27.7 Å². The Morgan fingerprint density at radius 3 is 2.18 bits per heavy atom. The fourth-order valence-electron chi connectivity index (χ4n) is 2.86. The second-order valence-electron chi connectivity index (χ2n) is 8.05. The SMILES string of the molecule is CC(C)C(=O)OC[C@H]1OCC[C@@H](OC(=O)COc2c(I)cc(I)cc2I)[C@@H]1OC(=O)C(C)C. The van der Waals surface area contributed by atoms with Gasteiger partial charge < -0.3 is 23.7 Å². The highest BCUT2D eigenvalue weighted by Gasteiger charge is 2.41. The van der Waals surface area contributed by atoms with Crippen LogP contribution in [0.1, 0.15) is 34.1 Å². The Labute approximate surface area is 234 Å². The van der Waals surface area contributed by atoms with Crippen LogP contribution in [0.25, 0.3) is 0 Å². The van der Waals surface area contributed by atoms with Crippen molar-refractivity contribution in [3.05, 3.63) is 22.8 Å². The van der Waals surface area contributed by atoms with Gasteiger partial charge in [0.2, 0.25) is 0 Å². The number of ether oxygens (including phenoxy) is 5. The molecular formula is C22H27I3O8. The van der Waals surface area contributed by atoms with Gasteiger partial charge >= 0.3 is 17.9 Å². The molecule has 0 aromatic heterocycles. The molecule has 8 nitrogen and oxygen atoms in total. The molecule has 0 radical (unpaired) electrons. The highest BCUT2D eigenvalue weighted by atomic mass is 127. The molecule has 1 aromatic rings. The average Bonchev–Trinajstić information content (AvgIpc) is 2.72. The van der Waals surface area contributed by atoms with E-state index in [9.17, 15) is 14.4 Å². The summed E-state index contributed by atoms with van der Waals surface area (Å²) >= 11 is 6.53. The van der Waals surface area contributed by atoms with Gasteiger partial charge in [0.1, 0.15) is 24.6 Å². The maximum Gasteiger partial charge on any atom is 0.344 e. The summed E-state index contributed by atoms with van der Waals surface area (Å²) in [5.74, 6) is -1.50. The molecule has 3 atom stereocenters. The third kappa shape index (κ3) is 8.94. The third-order valence-electron chi connectivity index (χ3n) is 4.63. The zero-order chi connectivity index (χ0) is 24.7. The predicted molar refractivity (Wildman–Crippen MR) is 145 cm³/mol. The van der Waals surface area contributed by atoms with Gasteiger partial charge in [0.25, 0.3) is 0 Å². The molecule has 0 aliphatic carbocycles. The lowest BCUT2D eigenvalue weighted by Gasteiger charge is -2.37. The van der Waals surface area contributed by atoms with E-state index >= 15 is 0 Å². The number of benzene rings is 1. The molecule has 1 aliphatic heterocycles. The third-order valence-corrected chi connectivity index (χ3v) is 6.86. The van der Waals surface area contributed by atoms with Crippen molar-refractivity contribution in [3.8, 4) is 5.75 Å². The zero-order valence-electron chi connectivity index (χ0n) is 18.8. The summed E-state index contributed by atoms with van der Waals surface area (Å²) in [6.45, 7) is 6.74. The van der Waals surface area contributed by atoms with Gasteiger partial charge in [-0.05, 0) is 79.9 Å². The van der Waals surface area contributed by atoms with Crippen LogP contribution in [0, 0.1) is 22.5 Å². The smallest absolute Gasteiger partial charge is 0.344 e. The second kappa shape index (κ2) is 13.6. The van der Waals surface area contributed by atoms with Crippen LogP contribution in [0.5, 0.6) is 5.75 Å². The summed E-state index contributed by atoms with van der Waals surface area (Å²) in [4.78, 5) is 36.8. The molecule has 0 unspecified atom stereocenters. The molecule has 1 fully saturated rings. The molecule has 1 aliphatic rings. The Morgan fingerprint density at radius 2 is 1.61 bits per heavy atom. The van der Waals surface area contributed by atoms with Crippen LogP contribution >= 0.6 is 67.8 Å². The quantitative estimate of drug-likeness (QED) is 0.207. The molecule has 2 rings (SSSR count). The fraction of sp³-hybridized carbons (Fsp3) is 0.591. The van der Waals surface area contributed by atoms with Crippen LogP contribution in [0.4, 0.5) is 0 Å². The maximum atomic E-state index is 12.6. The van der Waals surface area contributed by atoms with Crippen molar-refractivity contribution in [3.63, 3.8) is 0 Å². The summed E-state index contributed by atoms with van der Waals surface area (Å²) < 4.78 is 30.8. The highest BCUT2D eigenvalue weighted by Crippen LogP contribution is 2.30. The predicted octanol–water partition coefficient (Wildman–Crippen LogP) is 4.35. The Kier molecular flexibility index (Phi) is 11.9. The van der Waals surface area contributed by atoms with E-state index in [1.165, 1.54) is 0 Å². The molecule has 0 spiro atoms. The van der Waals surface area contributed by atoms with Gasteiger partial charge in [-0.25, -0.2) is 4.79 Å². The van der Waals surface area contributed by atoms with E-state index in [0.29, 0.717) is 12.2 Å². The molecule has 184 valence electrons. The van der Waals surface area contributed by atoms with Gasteiger partial charge in [0, 0.05) is 9.99 Å². The Bertz CT molecular complexity index is 835. The lowest BCUT2D eigenvalue weighted by molar-refractivity contribution is -0.205. The van der Waals surface area contributed by atoms with Crippen molar-refractivity contribution in [1.82, 2.24) is 0 Å². The molecule has 1 aromatic carbocycles. The maximum absolute atomic E-state index is 12.6. The van der Waals surface area contributed by atoms with E-state index in [1.807, 2.05) is 12.1 Å². The van der Waals surface area contributed by atoms with E-state index in [-0.39, 0.29) is 37.6 Å². The standard InChI is InChI=1S/C22H27I3O8/c1-11(2)21(27)31-9-17-20(33-22(28)12(3)4)16(5-6-29-17)32-18(26)10-30-19-14(24)7-13(23)8-15(19)25/h7-8,11-12,16-17,20H,5-6,9-10H2,1-4H3/t16-,17-,20+/m1/s1. The van der Waals surface area contributed by atoms with E-state index in [4.69, 9.17) is 23.7 Å². The minimum atomic E-state index is -0.892. The van der Waals surface area contributed by atoms with Gasteiger partial charge in [-0.15, -0.1) is 0 Å². The molecule has 1 heterocycles. The first-order valence-corrected chi connectivity index (χ1v) is 13.7. The topological polar surface area (TPSA) is 97.4 Å². The molecular weight excluding hydrogens is 773 g/mol. The molecule has 33 heavy (non-hydrogen) atoms. The lowest BCUT2D eigenvalue weighted by Crippen LogP contribution is -2.52. The number of hydrogen-bond acceptors (Lipinski definition) is 8. The number of rotatable bonds is 9. The molecule has 1 saturated heterocycles. The number of carbonyl (C=O) groups is 3. The van der Waals surface area contributed by atoms with Crippen LogP contribution in [0.2, 0.25) is 0 Å². The van der Waals surface area contributed by atoms with E-state index < -0.39 is 30.3 Å². The molecule has 0 saturated carbocycles. The van der Waals surface area contributed by atoms with Crippen molar-refractivity contribution in [2.75, 3.05) is 19.8 Å². The van der Waals surface area contributed by atoms with Gasteiger partial charge in [-0.3, -0.25) is 9.59 Å². The number of carbonyl (C=O) groups excluding carboxylic acids is 3. The van der Waals surface area contributed by atoms with Gasteiger partial charge in [0.05, 0.1) is 25.6 Å². The van der Waals surface area contributed by atoms with Crippen molar-refractivity contribution in [1.29, 1.82) is 0 Å². The van der Waals surface area contributed by atoms with Gasteiger partial charge in [-0.1, -0.05) is 27.7 Å². The Hall–Kier alpha value is -0.420. The monoisotopic (exact) mass is 800 g/mol. The van der Waals surface area contributed by atoms with Crippen molar-refractivity contribution >= 4 is 85.7 Å². The molecule has 0 N–H and O–H groups in total. The summed E-state index contributed by atoms with van der Waals surface area (Å²) in [5, 5.41) is 0. The van der Waals surface area contributed by atoms with Crippen LogP contribution < -0.4 is 4.74 Å². The minimum absolute atomic E-state index is 0.101. The fourth-order valence-corrected chi connectivity index (χ4v) is 6.75. The molecule has 11 heteroatoms. The first-order chi connectivity index (χ1) is 15.5. The highest BCUT2D eigenvalue weighted by molar-refractivity contribution is 14.1. The lowest BCUT2D eigenvalue weighted by atomic mass is 10.0. The first kappa shape index (κ1) is 28.8. The van der Waals surface area contributed by atoms with Gasteiger partial charge in [-0.2, -0.15) is 0 Å². The average molecular weight is 800 g/mol. The van der Waals surface area contributed by atoms with Crippen LogP contribution in [-0.4, -0.2) is 56.0 Å². The summed E-state index contributed by atoms with van der Waals surface area (Å²) in [6, 6.07) is 3.90. The van der Waals surface area contributed by atoms with Crippen LogP contribution in [-0.2, 0) is 33.3 Å². The summed E-state index contributed by atoms with van der Waals surface area (Å²) in [7, 11) is 0. The van der Waals surface area contributed by atoms with Crippen molar-refractivity contribution < 1.29 is 38.1 Å². The molecule has 0 bridgehead atoms. The Balaban J connectivity index is 2.06.